The van der Waals surface area contributed by atoms with Crippen LogP contribution in [0.1, 0.15) is 16.8 Å². The van der Waals surface area contributed by atoms with Crippen molar-refractivity contribution in [2.24, 2.45) is 7.05 Å². The standard InChI is InChI=1S/C13H12ClNO3/c1-15-7-10(12(16)6-13(17)18-2)9-5-8(14)3-4-11(9)15/h3-5,7H,6H2,1-2H3. The molecule has 0 unspecified atom stereocenters. The Hall–Kier alpha value is -1.81. The zero-order valence-corrected chi connectivity index (χ0v) is 10.8. The van der Waals surface area contributed by atoms with Crippen LogP contribution in [0.5, 0.6) is 0 Å². The molecule has 1 heterocycles. The average Bonchev–Trinajstić information content (AvgIpc) is 2.66. The molecule has 1 aromatic heterocycles. The number of methoxy groups -OCH3 is 1. The highest BCUT2D eigenvalue weighted by atomic mass is 35.5. The summed E-state index contributed by atoms with van der Waals surface area (Å²) < 4.78 is 6.32. The summed E-state index contributed by atoms with van der Waals surface area (Å²) in [5, 5.41) is 1.31. The second-order valence-corrected chi connectivity index (χ2v) is 4.43. The molecule has 5 heteroatoms. The minimum Gasteiger partial charge on any atom is -0.469 e. The van der Waals surface area contributed by atoms with Crippen LogP contribution in [0.3, 0.4) is 0 Å². The number of carbonyl (C=O) groups excluding carboxylic acids is 2. The van der Waals surface area contributed by atoms with Crippen LogP contribution in [0.4, 0.5) is 0 Å². The maximum Gasteiger partial charge on any atom is 0.313 e. The zero-order chi connectivity index (χ0) is 13.3. The van der Waals surface area contributed by atoms with Gasteiger partial charge >= 0.3 is 5.97 Å². The van der Waals surface area contributed by atoms with Crippen LogP contribution >= 0.6 is 11.6 Å². The molecular weight excluding hydrogens is 254 g/mol. The Kier molecular flexibility index (Phi) is 3.39. The number of aromatic nitrogens is 1. The molecule has 94 valence electrons. The molecule has 2 aromatic rings. The molecule has 0 aliphatic heterocycles. The highest BCUT2D eigenvalue weighted by Crippen LogP contribution is 2.25. The van der Waals surface area contributed by atoms with E-state index in [1.165, 1.54) is 7.11 Å². The number of esters is 1. The van der Waals surface area contributed by atoms with Gasteiger partial charge in [-0.2, -0.15) is 0 Å². The van der Waals surface area contributed by atoms with Crippen molar-refractivity contribution in [3.63, 3.8) is 0 Å². The topological polar surface area (TPSA) is 48.3 Å². The molecule has 18 heavy (non-hydrogen) atoms. The van der Waals surface area contributed by atoms with Gasteiger partial charge in [0.15, 0.2) is 5.78 Å². The Labute approximate surface area is 109 Å². The lowest BCUT2D eigenvalue weighted by molar-refractivity contribution is -0.139. The van der Waals surface area contributed by atoms with E-state index < -0.39 is 5.97 Å². The number of aryl methyl sites for hydroxylation is 1. The highest BCUT2D eigenvalue weighted by molar-refractivity contribution is 6.31. The molecule has 0 fully saturated rings. The van der Waals surface area contributed by atoms with Crippen molar-refractivity contribution < 1.29 is 14.3 Å². The third-order valence-electron chi connectivity index (χ3n) is 2.78. The van der Waals surface area contributed by atoms with Crippen molar-refractivity contribution in [3.8, 4) is 0 Å². The van der Waals surface area contributed by atoms with Crippen molar-refractivity contribution in [3.05, 3.63) is 35.0 Å². The molecule has 0 radical (unpaired) electrons. The summed E-state index contributed by atoms with van der Waals surface area (Å²) in [6.07, 6.45) is 1.44. The second-order valence-electron chi connectivity index (χ2n) is 3.99. The number of ketones is 1. The lowest BCUT2D eigenvalue weighted by Crippen LogP contribution is -2.09. The Balaban J connectivity index is 2.47. The number of fused-ring (bicyclic) bond motifs is 1. The Morgan fingerprint density at radius 1 is 1.39 bits per heavy atom. The largest absolute Gasteiger partial charge is 0.469 e. The van der Waals surface area contributed by atoms with Gasteiger partial charge in [-0.3, -0.25) is 9.59 Å². The monoisotopic (exact) mass is 265 g/mol. The summed E-state index contributed by atoms with van der Waals surface area (Å²) in [5.74, 6) is -0.811. The molecule has 0 atom stereocenters. The molecule has 0 bridgehead atoms. The number of benzene rings is 1. The van der Waals surface area contributed by atoms with Gasteiger partial charge in [-0.1, -0.05) is 11.6 Å². The first-order chi connectivity index (χ1) is 8.52. The van der Waals surface area contributed by atoms with Crippen molar-refractivity contribution in [1.29, 1.82) is 0 Å². The van der Waals surface area contributed by atoms with E-state index in [4.69, 9.17) is 11.6 Å². The van der Waals surface area contributed by atoms with Crippen LogP contribution in [0.15, 0.2) is 24.4 Å². The summed E-state index contributed by atoms with van der Waals surface area (Å²) in [6, 6.07) is 5.33. The van der Waals surface area contributed by atoms with E-state index in [-0.39, 0.29) is 12.2 Å². The molecule has 0 aliphatic rings. The van der Waals surface area contributed by atoms with Crippen molar-refractivity contribution in [2.45, 2.75) is 6.42 Å². The number of hydrogen-bond donors (Lipinski definition) is 0. The number of carbonyl (C=O) groups is 2. The molecule has 1 aromatic carbocycles. The lowest BCUT2D eigenvalue weighted by Gasteiger charge is -1.99. The normalized spacial score (nSPS) is 10.6. The fourth-order valence-corrected chi connectivity index (χ4v) is 2.06. The second kappa shape index (κ2) is 4.82. The smallest absolute Gasteiger partial charge is 0.313 e. The maximum absolute atomic E-state index is 12.0. The van der Waals surface area contributed by atoms with E-state index in [0.29, 0.717) is 10.6 Å². The number of rotatable bonds is 3. The van der Waals surface area contributed by atoms with E-state index in [2.05, 4.69) is 4.74 Å². The number of nitrogens with zero attached hydrogens (tertiary/aromatic N) is 1. The summed E-state index contributed by atoms with van der Waals surface area (Å²) in [4.78, 5) is 23.1. The van der Waals surface area contributed by atoms with Gasteiger partial charge in [0, 0.05) is 34.7 Å². The molecule has 0 N–H and O–H groups in total. The quantitative estimate of drug-likeness (QED) is 0.487. The number of halogens is 1. The Morgan fingerprint density at radius 3 is 2.78 bits per heavy atom. The van der Waals surface area contributed by atoms with E-state index in [1.807, 2.05) is 17.7 Å². The van der Waals surface area contributed by atoms with Crippen LogP contribution < -0.4 is 0 Å². The first-order valence-electron chi connectivity index (χ1n) is 5.37. The fraction of sp³-hybridized carbons (Fsp3) is 0.231. The van der Waals surface area contributed by atoms with Crippen molar-refractivity contribution in [1.82, 2.24) is 4.57 Å². The first-order valence-corrected chi connectivity index (χ1v) is 5.75. The number of Topliss-reactive ketones (excluding diaryl/α,β-unsaturated/α-hetero) is 1. The van der Waals surface area contributed by atoms with Gasteiger partial charge in [-0.25, -0.2) is 0 Å². The van der Waals surface area contributed by atoms with Crippen molar-refractivity contribution >= 4 is 34.3 Å². The molecule has 0 saturated heterocycles. The summed E-state index contributed by atoms with van der Waals surface area (Å²) >= 11 is 5.93. The molecule has 0 spiro atoms. The van der Waals surface area contributed by atoms with E-state index in [9.17, 15) is 9.59 Å². The molecule has 0 aliphatic carbocycles. The molecular formula is C13H12ClNO3. The first kappa shape index (κ1) is 12.6. The predicted molar refractivity (Wildman–Crippen MR) is 68.9 cm³/mol. The lowest BCUT2D eigenvalue weighted by atomic mass is 10.1. The fourth-order valence-electron chi connectivity index (χ4n) is 1.88. The molecule has 2 rings (SSSR count). The van der Waals surface area contributed by atoms with E-state index >= 15 is 0 Å². The highest BCUT2D eigenvalue weighted by Gasteiger charge is 2.17. The van der Waals surface area contributed by atoms with Crippen LogP contribution in [0.2, 0.25) is 5.02 Å². The van der Waals surface area contributed by atoms with Gasteiger partial charge in [0.05, 0.1) is 7.11 Å². The number of ether oxygens (including phenoxy) is 1. The van der Waals surface area contributed by atoms with Gasteiger partial charge in [0.1, 0.15) is 6.42 Å². The van der Waals surface area contributed by atoms with E-state index in [0.717, 1.165) is 10.9 Å². The van der Waals surface area contributed by atoms with Gasteiger partial charge in [-0.05, 0) is 18.2 Å². The summed E-state index contributed by atoms with van der Waals surface area (Å²) in [6.45, 7) is 0. The van der Waals surface area contributed by atoms with Gasteiger partial charge in [-0.15, -0.1) is 0 Å². The van der Waals surface area contributed by atoms with Gasteiger partial charge < -0.3 is 9.30 Å². The Morgan fingerprint density at radius 2 is 2.11 bits per heavy atom. The maximum atomic E-state index is 12.0. The third-order valence-corrected chi connectivity index (χ3v) is 3.02. The van der Waals surface area contributed by atoms with Gasteiger partial charge in [0.25, 0.3) is 0 Å². The number of hydrogen-bond acceptors (Lipinski definition) is 3. The Bertz CT molecular complexity index is 630. The minimum atomic E-state index is -0.543. The zero-order valence-electron chi connectivity index (χ0n) is 10.1. The molecule has 0 saturated carbocycles. The summed E-state index contributed by atoms with van der Waals surface area (Å²) in [7, 11) is 3.10. The third kappa shape index (κ3) is 2.24. The van der Waals surface area contributed by atoms with Crippen LogP contribution in [0.25, 0.3) is 10.9 Å². The van der Waals surface area contributed by atoms with Gasteiger partial charge in [0.2, 0.25) is 0 Å². The van der Waals surface area contributed by atoms with Crippen LogP contribution in [-0.4, -0.2) is 23.4 Å². The van der Waals surface area contributed by atoms with Crippen molar-refractivity contribution in [2.75, 3.05) is 7.11 Å². The SMILES string of the molecule is COC(=O)CC(=O)c1cn(C)c2ccc(Cl)cc12. The molecule has 4 nitrogen and oxygen atoms in total. The average molecular weight is 266 g/mol. The minimum absolute atomic E-state index is 0.262. The molecule has 0 amide bonds. The van der Waals surface area contributed by atoms with E-state index in [1.54, 1.807) is 18.3 Å². The van der Waals surface area contributed by atoms with Crippen LogP contribution in [-0.2, 0) is 16.6 Å². The predicted octanol–water partition coefficient (Wildman–Crippen LogP) is 2.58. The summed E-state index contributed by atoms with van der Waals surface area (Å²) in [5.41, 5.74) is 1.38. The van der Waals surface area contributed by atoms with Crippen LogP contribution in [0, 0.1) is 0 Å².